The van der Waals surface area contributed by atoms with Crippen LogP contribution in [-0.4, -0.2) is 4.92 Å². The molecule has 164 valence electrons. The molecule has 5 aromatic rings. The van der Waals surface area contributed by atoms with Crippen molar-refractivity contribution in [1.29, 1.82) is 0 Å². The lowest BCUT2D eigenvalue weighted by Crippen LogP contribution is -2.30. The van der Waals surface area contributed by atoms with Crippen molar-refractivity contribution in [2.75, 3.05) is 5.32 Å². The number of nitro groups is 1. The zero-order chi connectivity index (χ0) is 22.8. The minimum atomic E-state index is -0.291. The molecule has 0 spiro atoms. The quantitative estimate of drug-likeness (QED) is 0.176. The van der Waals surface area contributed by atoms with Gasteiger partial charge in [0.15, 0.2) is 0 Å². The van der Waals surface area contributed by atoms with Crippen LogP contribution in [0.25, 0.3) is 21.5 Å². The molecule has 4 heteroatoms. The van der Waals surface area contributed by atoms with E-state index in [9.17, 15) is 10.1 Å². The molecule has 1 aliphatic heterocycles. The number of rotatable bonds is 2. The van der Waals surface area contributed by atoms with Gasteiger partial charge in [-0.05, 0) is 68.3 Å². The lowest BCUT2D eigenvalue weighted by atomic mass is 9.74. The summed E-state index contributed by atoms with van der Waals surface area (Å²) >= 11 is 0. The molecule has 7 rings (SSSR count). The minimum absolute atomic E-state index is 0.0855. The Kier molecular flexibility index (Phi) is 4.06. The fraction of sp³-hybridized carbons (Fsp3) is 0.133. The maximum absolute atomic E-state index is 11.6. The highest BCUT2D eigenvalue weighted by Gasteiger charge is 2.44. The number of fused-ring (bicyclic) bond motifs is 7. The number of anilines is 1. The molecule has 34 heavy (non-hydrogen) atoms. The van der Waals surface area contributed by atoms with E-state index in [0.717, 1.165) is 17.7 Å². The molecular formula is C30H22N2O2. The highest BCUT2D eigenvalue weighted by Crippen LogP contribution is 2.55. The van der Waals surface area contributed by atoms with Crippen LogP contribution in [0.15, 0.2) is 97.1 Å². The van der Waals surface area contributed by atoms with Crippen molar-refractivity contribution in [2.45, 2.75) is 18.4 Å². The van der Waals surface area contributed by atoms with Gasteiger partial charge in [0, 0.05) is 23.7 Å². The summed E-state index contributed by atoms with van der Waals surface area (Å²) in [5.41, 5.74) is 6.13. The molecule has 4 nitrogen and oxygen atoms in total. The normalized spacial score (nSPS) is 20.4. The average Bonchev–Trinajstić information content (AvgIpc) is 3.26. The maximum atomic E-state index is 11.6. The number of benzene rings is 5. The monoisotopic (exact) mass is 442 g/mol. The van der Waals surface area contributed by atoms with E-state index in [1.165, 1.54) is 38.2 Å². The predicted molar refractivity (Wildman–Crippen MR) is 136 cm³/mol. The van der Waals surface area contributed by atoms with Gasteiger partial charge in [-0.1, -0.05) is 72.8 Å². The first-order valence-corrected chi connectivity index (χ1v) is 11.7. The molecule has 0 radical (unpaired) electrons. The molecule has 1 aliphatic carbocycles. The van der Waals surface area contributed by atoms with E-state index in [2.05, 4.69) is 84.2 Å². The van der Waals surface area contributed by atoms with Crippen LogP contribution in [0.2, 0.25) is 0 Å². The first-order chi connectivity index (χ1) is 16.7. The van der Waals surface area contributed by atoms with E-state index in [1.807, 2.05) is 6.07 Å². The van der Waals surface area contributed by atoms with Gasteiger partial charge in [-0.25, -0.2) is 0 Å². The van der Waals surface area contributed by atoms with Crippen molar-refractivity contribution in [1.82, 2.24) is 0 Å². The molecule has 0 unspecified atom stereocenters. The Balaban J connectivity index is 1.52. The van der Waals surface area contributed by atoms with E-state index in [1.54, 1.807) is 12.1 Å². The Morgan fingerprint density at radius 2 is 1.44 bits per heavy atom. The summed E-state index contributed by atoms with van der Waals surface area (Å²) in [6.45, 7) is 0. The number of nitrogens with one attached hydrogen (secondary N) is 1. The molecule has 3 atom stereocenters. The van der Waals surface area contributed by atoms with Crippen molar-refractivity contribution >= 4 is 32.9 Å². The summed E-state index contributed by atoms with van der Waals surface area (Å²) in [5, 5.41) is 20.4. The fourth-order valence-electron chi connectivity index (χ4n) is 6.33. The lowest BCUT2D eigenvalue weighted by molar-refractivity contribution is -0.384. The van der Waals surface area contributed by atoms with Crippen molar-refractivity contribution in [3.05, 3.63) is 129 Å². The predicted octanol–water partition coefficient (Wildman–Crippen LogP) is 7.37. The van der Waals surface area contributed by atoms with Crippen LogP contribution < -0.4 is 5.32 Å². The van der Waals surface area contributed by atoms with E-state index in [-0.39, 0.29) is 28.5 Å². The van der Waals surface area contributed by atoms with Crippen LogP contribution in [0, 0.1) is 16.0 Å². The van der Waals surface area contributed by atoms with Gasteiger partial charge < -0.3 is 5.32 Å². The molecule has 1 heterocycles. The molecule has 0 bridgehead atoms. The molecule has 5 aromatic carbocycles. The Labute approximate surface area is 197 Å². The Bertz CT molecular complexity index is 1570. The first-order valence-electron chi connectivity index (χ1n) is 11.7. The SMILES string of the molecule is O=[N+]([O-])c1ccc2c(c1)[C@@H]1c3ccccc3C[C@H]1[C@@H](c1c3ccccc3cc3ccccc13)N2. The van der Waals surface area contributed by atoms with Crippen molar-refractivity contribution in [3.63, 3.8) is 0 Å². The Morgan fingerprint density at radius 1 is 0.765 bits per heavy atom. The summed E-state index contributed by atoms with van der Waals surface area (Å²) in [7, 11) is 0. The maximum Gasteiger partial charge on any atom is 0.269 e. The fourth-order valence-corrected chi connectivity index (χ4v) is 6.33. The average molecular weight is 443 g/mol. The van der Waals surface area contributed by atoms with E-state index >= 15 is 0 Å². The summed E-state index contributed by atoms with van der Waals surface area (Å²) in [5.74, 6) is 0.385. The highest BCUT2D eigenvalue weighted by molar-refractivity contribution is 6.03. The second-order valence-electron chi connectivity index (χ2n) is 9.43. The number of hydrogen-bond acceptors (Lipinski definition) is 3. The third kappa shape index (κ3) is 2.72. The number of non-ortho nitro benzene ring substituents is 1. The van der Waals surface area contributed by atoms with Crippen LogP contribution in [0.5, 0.6) is 0 Å². The molecule has 2 aliphatic rings. The number of hydrogen-bond donors (Lipinski definition) is 1. The van der Waals surface area contributed by atoms with Crippen LogP contribution in [0.4, 0.5) is 11.4 Å². The zero-order valence-corrected chi connectivity index (χ0v) is 18.4. The van der Waals surface area contributed by atoms with Gasteiger partial charge in [-0.2, -0.15) is 0 Å². The largest absolute Gasteiger partial charge is 0.378 e. The smallest absolute Gasteiger partial charge is 0.269 e. The lowest BCUT2D eigenvalue weighted by Gasteiger charge is -2.39. The van der Waals surface area contributed by atoms with Gasteiger partial charge in [0.2, 0.25) is 0 Å². The summed E-state index contributed by atoms with van der Waals surface area (Å²) in [6, 6.07) is 33.5. The third-order valence-corrected chi connectivity index (χ3v) is 7.72. The minimum Gasteiger partial charge on any atom is -0.378 e. The van der Waals surface area contributed by atoms with Gasteiger partial charge in [-0.3, -0.25) is 10.1 Å². The number of nitrogens with zero attached hydrogens (tertiary/aromatic N) is 1. The third-order valence-electron chi connectivity index (χ3n) is 7.72. The standard InChI is InChI=1S/C30H22N2O2/c33-32(34)21-13-14-27-25(17-21)28-22-10-4-3-9-20(22)16-26(28)30(31-27)29-23-11-5-1-7-18(23)15-19-8-2-6-12-24(19)29/h1-15,17,26,28,30-31H,16H2/t26-,28+,30+/m1/s1. The number of nitro benzene ring substituents is 1. The molecule has 0 aromatic heterocycles. The van der Waals surface area contributed by atoms with Gasteiger partial charge in [0.25, 0.3) is 5.69 Å². The van der Waals surface area contributed by atoms with E-state index in [0.29, 0.717) is 0 Å². The van der Waals surface area contributed by atoms with Gasteiger partial charge >= 0.3 is 0 Å². The van der Waals surface area contributed by atoms with Crippen molar-refractivity contribution in [3.8, 4) is 0 Å². The van der Waals surface area contributed by atoms with Gasteiger partial charge in [-0.15, -0.1) is 0 Å². The molecule has 1 N–H and O–H groups in total. The molecular weight excluding hydrogens is 420 g/mol. The van der Waals surface area contributed by atoms with Gasteiger partial charge in [0.1, 0.15) is 0 Å². The molecule has 0 fully saturated rings. The highest BCUT2D eigenvalue weighted by atomic mass is 16.6. The van der Waals surface area contributed by atoms with Crippen molar-refractivity contribution in [2.24, 2.45) is 5.92 Å². The molecule has 0 saturated carbocycles. The molecule has 0 amide bonds. The zero-order valence-electron chi connectivity index (χ0n) is 18.4. The summed E-state index contributed by atoms with van der Waals surface area (Å²) in [4.78, 5) is 11.3. The first kappa shape index (κ1) is 19.3. The van der Waals surface area contributed by atoms with Crippen LogP contribution in [-0.2, 0) is 6.42 Å². The van der Waals surface area contributed by atoms with Crippen molar-refractivity contribution < 1.29 is 4.92 Å². The van der Waals surface area contributed by atoms with Crippen LogP contribution >= 0.6 is 0 Å². The van der Waals surface area contributed by atoms with Gasteiger partial charge in [0.05, 0.1) is 11.0 Å². The summed E-state index contributed by atoms with van der Waals surface area (Å²) < 4.78 is 0. The van der Waals surface area contributed by atoms with Crippen LogP contribution in [0.1, 0.15) is 34.2 Å². The second kappa shape index (κ2) is 7.16. The Hall–Kier alpha value is -4.18. The summed E-state index contributed by atoms with van der Waals surface area (Å²) in [6.07, 6.45) is 0.943. The van der Waals surface area contributed by atoms with E-state index < -0.39 is 0 Å². The second-order valence-corrected chi connectivity index (χ2v) is 9.43. The van der Waals surface area contributed by atoms with Crippen LogP contribution in [0.3, 0.4) is 0 Å². The Morgan fingerprint density at radius 3 is 2.18 bits per heavy atom. The topological polar surface area (TPSA) is 55.2 Å². The molecule has 0 saturated heterocycles. The van der Waals surface area contributed by atoms with E-state index in [4.69, 9.17) is 0 Å².